The Balaban J connectivity index is 2.54. The second-order valence-corrected chi connectivity index (χ2v) is 4.80. The summed E-state index contributed by atoms with van der Waals surface area (Å²) < 4.78 is 0. The fraction of sp³-hybridized carbons (Fsp3) is 0.900. The van der Waals surface area contributed by atoms with E-state index in [1.807, 2.05) is 6.92 Å². The minimum absolute atomic E-state index is 0.165. The first-order valence-corrected chi connectivity index (χ1v) is 4.63. The summed E-state index contributed by atoms with van der Waals surface area (Å²) in [5.74, 6) is 0.165. The molecule has 0 saturated heterocycles. The Morgan fingerprint density at radius 2 is 1.67 bits per heavy atom. The van der Waals surface area contributed by atoms with E-state index in [9.17, 15) is 4.79 Å². The topological polar surface area (TPSA) is 29.1 Å². The van der Waals surface area contributed by atoms with Gasteiger partial charge in [0.1, 0.15) is 0 Å². The largest absolute Gasteiger partial charge is 0.352 e. The number of nitrogens with one attached hydrogen (secondary N) is 1. The maximum atomic E-state index is 11.1. The van der Waals surface area contributed by atoms with Crippen LogP contribution in [0.3, 0.4) is 0 Å². The van der Waals surface area contributed by atoms with Crippen molar-refractivity contribution in [2.45, 2.75) is 47.1 Å². The zero-order valence-electron chi connectivity index (χ0n) is 8.69. The zero-order valence-corrected chi connectivity index (χ0v) is 8.69. The molecule has 0 aliphatic heterocycles. The van der Waals surface area contributed by atoms with Gasteiger partial charge in [0.05, 0.1) is 0 Å². The molecule has 0 heterocycles. The Bertz CT molecular complexity index is 192. The van der Waals surface area contributed by atoms with Gasteiger partial charge >= 0.3 is 0 Å². The monoisotopic (exact) mass is 169 g/mol. The molecule has 12 heavy (non-hydrogen) atoms. The molecular formula is C10H19NO. The maximum Gasteiger partial charge on any atom is 0.219 e. The smallest absolute Gasteiger partial charge is 0.219 e. The predicted octanol–water partition coefficient (Wildman–Crippen LogP) is 1.95. The number of rotatable bonds is 2. The molecule has 70 valence electrons. The molecule has 1 fully saturated rings. The average Bonchev–Trinajstić information content (AvgIpc) is 2.32. The summed E-state index contributed by atoms with van der Waals surface area (Å²) in [4.78, 5) is 11.1. The molecule has 0 aromatic rings. The third-order valence-electron chi connectivity index (χ3n) is 3.65. The van der Waals surface area contributed by atoms with Gasteiger partial charge in [0.15, 0.2) is 0 Å². The molecule has 1 saturated carbocycles. The molecular weight excluding hydrogens is 150 g/mol. The van der Waals surface area contributed by atoms with E-state index in [-0.39, 0.29) is 16.7 Å². The van der Waals surface area contributed by atoms with E-state index in [1.165, 1.54) is 0 Å². The van der Waals surface area contributed by atoms with E-state index in [0.717, 1.165) is 0 Å². The molecule has 1 aliphatic rings. The van der Waals surface area contributed by atoms with Crippen molar-refractivity contribution in [1.82, 2.24) is 5.32 Å². The number of carbonyl (C=O) groups is 1. The lowest BCUT2D eigenvalue weighted by Gasteiger charge is -2.03. The van der Waals surface area contributed by atoms with Crippen LogP contribution in [0.4, 0.5) is 0 Å². The molecule has 1 aliphatic carbocycles. The van der Waals surface area contributed by atoms with Gasteiger partial charge in [0.25, 0.3) is 0 Å². The van der Waals surface area contributed by atoms with E-state index in [1.54, 1.807) is 0 Å². The van der Waals surface area contributed by atoms with Gasteiger partial charge in [0.2, 0.25) is 5.91 Å². The van der Waals surface area contributed by atoms with Crippen LogP contribution in [0, 0.1) is 10.8 Å². The molecule has 0 aromatic heterocycles. The lowest BCUT2D eigenvalue weighted by Crippen LogP contribution is -2.28. The molecule has 0 aromatic carbocycles. The summed E-state index contributed by atoms with van der Waals surface area (Å²) in [6.07, 6.45) is 0.586. The van der Waals surface area contributed by atoms with Gasteiger partial charge in [-0.25, -0.2) is 0 Å². The molecule has 1 N–H and O–H groups in total. The lowest BCUT2D eigenvalue weighted by atomic mass is 10.0. The van der Waals surface area contributed by atoms with Crippen LogP contribution in [0.2, 0.25) is 0 Å². The van der Waals surface area contributed by atoms with Crippen molar-refractivity contribution in [3.05, 3.63) is 0 Å². The van der Waals surface area contributed by atoms with Crippen molar-refractivity contribution in [2.75, 3.05) is 0 Å². The number of carbonyl (C=O) groups excluding carboxylic acids is 1. The van der Waals surface area contributed by atoms with Crippen molar-refractivity contribution in [1.29, 1.82) is 0 Å². The van der Waals surface area contributed by atoms with Gasteiger partial charge in [-0.3, -0.25) is 4.79 Å². The third-order valence-corrected chi connectivity index (χ3v) is 3.65. The second kappa shape index (κ2) is 2.48. The second-order valence-electron chi connectivity index (χ2n) is 4.80. The Kier molecular flexibility index (Phi) is 1.97. The van der Waals surface area contributed by atoms with Crippen LogP contribution < -0.4 is 5.32 Å². The highest BCUT2D eigenvalue weighted by molar-refractivity contribution is 5.76. The fourth-order valence-corrected chi connectivity index (χ4v) is 1.82. The minimum Gasteiger partial charge on any atom is -0.352 e. The summed E-state index contributed by atoms with van der Waals surface area (Å²) in [7, 11) is 0. The molecule has 0 spiro atoms. The van der Waals surface area contributed by atoms with E-state index >= 15 is 0 Å². The molecule has 1 rings (SSSR count). The lowest BCUT2D eigenvalue weighted by molar-refractivity contribution is -0.121. The van der Waals surface area contributed by atoms with E-state index in [4.69, 9.17) is 0 Å². The molecule has 2 nitrogen and oxygen atoms in total. The normalized spacial score (nSPS) is 25.1. The molecule has 1 amide bonds. The van der Waals surface area contributed by atoms with Crippen molar-refractivity contribution >= 4 is 5.91 Å². The molecule has 0 unspecified atom stereocenters. The summed E-state index contributed by atoms with van der Waals surface area (Å²) in [5, 5.41) is 3.05. The van der Waals surface area contributed by atoms with E-state index in [0.29, 0.717) is 12.5 Å². The van der Waals surface area contributed by atoms with Gasteiger partial charge in [-0.2, -0.15) is 0 Å². The summed E-state index contributed by atoms with van der Waals surface area (Å²) in [6.45, 7) is 10.7. The van der Waals surface area contributed by atoms with Crippen molar-refractivity contribution < 1.29 is 4.79 Å². The molecule has 0 atom stereocenters. The van der Waals surface area contributed by atoms with E-state index in [2.05, 4.69) is 33.0 Å². The highest BCUT2D eigenvalue weighted by Crippen LogP contribution is 2.62. The standard InChI is InChI=1S/C10H19NO/c1-6-7(12)11-8-9(2,3)10(8,4)5/h8H,6H2,1-5H3,(H,11,12). The van der Waals surface area contributed by atoms with Crippen LogP contribution in [-0.2, 0) is 4.79 Å². The zero-order chi connectivity index (χ0) is 9.57. The van der Waals surface area contributed by atoms with Crippen LogP contribution in [-0.4, -0.2) is 11.9 Å². The average molecular weight is 169 g/mol. The van der Waals surface area contributed by atoms with Crippen molar-refractivity contribution in [3.8, 4) is 0 Å². The fourth-order valence-electron chi connectivity index (χ4n) is 1.82. The predicted molar refractivity (Wildman–Crippen MR) is 49.8 cm³/mol. The first-order valence-electron chi connectivity index (χ1n) is 4.63. The quantitative estimate of drug-likeness (QED) is 0.672. The van der Waals surface area contributed by atoms with Crippen LogP contribution in [0.5, 0.6) is 0 Å². The van der Waals surface area contributed by atoms with Gasteiger partial charge in [-0.05, 0) is 10.8 Å². The molecule has 0 bridgehead atoms. The third kappa shape index (κ3) is 1.13. The Morgan fingerprint density at radius 3 is 1.92 bits per heavy atom. The van der Waals surface area contributed by atoms with Gasteiger partial charge in [-0.15, -0.1) is 0 Å². The molecule has 0 radical (unpaired) electrons. The number of hydrogen-bond acceptors (Lipinski definition) is 1. The number of hydrogen-bond donors (Lipinski definition) is 1. The molecule has 2 heteroatoms. The SMILES string of the molecule is CCC(=O)NC1C(C)(C)C1(C)C. The van der Waals surface area contributed by atoms with Gasteiger partial charge < -0.3 is 5.32 Å². The highest BCUT2D eigenvalue weighted by Gasteiger charge is 2.65. The van der Waals surface area contributed by atoms with Crippen LogP contribution in [0.15, 0.2) is 0 Å². The summed E-state index contributed by atoms with van der Waals surface area (Å²) >= 11 is 0. The van der Waals surface area contributed by atoms with Crippen LogP contribution in [0.1, 0.15) is 41.0 Å². The Hall–Kier alpha value is -0.530. The Morgan fingerprint density at radius 1 is 1.25 bits per heavy atom. The minimum atomic E-state index is 0.165. The first-order chi connectivity index (χ1) is 5.34. The highest BCUT2D eigenvalue weighted by atomic mass is 16.1. The van der Waals surface area contributed by atoms with Gasteiger partial charge in [-0.1, -0.05) is 34.6 Å². The summed E-state index contributed by atoms with van der Waals surface area (Å²) in [6, 6.07) is 0.359. The van der Waals surface area contributed by atoms with E-state index < -0.39 is 0 Å². The maximum absolute atomic E-state index is 11.1. The van der Waals surface area contributed by atoms with Crippen LogP contribution in [0.25, 0.3) is 0 Å². The van der Waals surface area contributed by atoms with Crippen molar-refractivity contribution in [2.24, 2.45) is 10.8 Å². The van der Waals surface area contributed by atoms with Crippen molar-refractivity contribution in [3.63, 3.8) is 0 Å². The summed E-state index contributed by atoms with van der Waals surface area (Å²) in [5.41, 5.74) is 0.523. The van der Waals surface area contributed by atoms with Crippen LogP contribution >= 0.6 is 0 Å². The number of amides is 1. The van der Waals surface area contributed by atoms with Gasteiger partial charge in [0, 0.05) is 12.5 Å². The first kappa shape index (κ1) is 9.56. The Labute approximate surface area is 74.7 Å².